The molecule has 1 aromatic rings. The molecule has 0 amide bonds. The molecule has 0 aliphatic heterocycles. The highest BCUT2D eigenvalue weighted by Crippen LogP contribution is 2.39. The first kappa shape index (κ1) is 11.1. The molecule has 1 heterocycles. The van der Waals surface area contributed by atoms with E-state index in [-0.39, 0.29) is 5.41 Å². The van der Waals surface area contributed by atoms with Gasteiger partial charge in [0.2, 0.25) is 0 Å². The van der Waals surface area contributed by atoms with Gasteiger partial charge in [0, 0.05) is 12.1 Å². The third-order valence-electron chi connectivity index (χ3n) is 2.84. The van der Waals surface area contributed by atoms with Crippen LogP contribution in [0.4, 0.5) is 0 Å². The van der Waals surface area contributed by atoms with Crippen LogP contribution in [0.5, 0.6) is 0 Å². The molecule has 0 bridgehead atoms. The molecule has 1 atom stereocenters. The van der Waals surface area contributed by atoms with Gasteiger partial charge in [-0.05, 0) is 18.3 Å². The van der Waals surface area contributed by atoms with E-state index >= 15 is 0 Å². The molecule has 5 nitrogen and oxygen atoms in total. The van der Waals surface area contributed by atoms with Crippen LogP contribution in [0.25, 0.3) is 0 Å². The lowest BCUT2D eigenvalue weighted by molar-refractivity contribution is -0.144. The summed E-state index contributed by atoms with van der Waals surface area (Å²) < 4.78 is 1.48. The minimum Gasteiger partial charge on any atom is -0.480 e. The number of hydrogen-bond donors (Lipinski definition) is 1. The second-order valence-corrected chi connectivity index (χ2v) is 5.50. The van der Waals surface area contributed by atoms with Crippen molar-refractivity contribution in [2.45, 2.75) is 45.6 Å². The van der Waals surface area contributed by atoms with E-state index in [1.807, 2.05) is 20.8 Å². The highest BCUT2D eigenvalue weighted by Gasteiger charge is 2.35. The number of aliphatic carboxylic acids is 1. The summed E-state index contributed by atoms with van der Waals surface area (Å²) in [4.78, 5) is 11.3. The zero-order chi connectivity index (χ0) is 11.9. The second-order valence-electron chi connectivity index (χ2n) is 5.50. The first-order valence-electron chi connectivity index (χ1n) is 5.54. The zero-order valence-corrected chi connectivity index (χ0v) is 9.84. The molecule has 88 valence electrons. The van der Waals surface area contributed by atoms with Crippen molar-refractivity contribution in [2.75, 3.05) is 0 Å². The summed E-state index contributed by atoms with van der Waals surface area (Å²) in [5.74, 6) is -0.358. The molecule has 1 saturated carbocycles. The predicted octanol–water partition coefficient (Wildman–Crippen LogP) is 1.83. The van der Waals surface area contributed by atoms with Gasteiger partial charge < -0.3 is 5.11 Å². The number of carbonyl (C=O) groups is 1. The van der Waals surface area contributed by atoms with Crippen molar-refractivity contribution in [3.05, 3.63) is 11.9 Å². The Labute approximate surface area is 94.5 Å². The first-order chi connectivity index (χ1) is 7.39. The van der Waals surface area contributed by atoms with Crippen molar-refractivity contribution in [1.82, 2.24) is 15.0 Å². The molecule has 16 heavy (non-hydrogen) atoms. The summed E-state index contributed by atoms with van der Waals surface area (Å²) in [5, 5.41) is 17.2. The summed E-state index contributed by atoms with van der Waals surface area (Å²) >= 11 is 0. The Hall–Kier alpha value is -1.39. The van der Waals surface area contributed by atoms with Crippen LogP contribution in [0.3, 0.4) is 0 Å². The number of rotatable bonds is 3. The van der Waals surface area contributed by atoms with E-state index in [9.17, 15) is 9.90 Å². The van der Waals surface area contributed by atoms with E-state index in [0.29, 0.717) is 5.92 Å². The molecule has 0 radical (unpaired) electrons. The van der Waals surface area contributed by atoms with Gasteiger partial charge >= 0.3 is 5.97 Å². The highest BCUT2D eigenvalue weighted by molar-refractivity contribution is 5.72. The molecule has 1 aliphatic rings. The van der Waals surface area contributed by atoms with Crippen molar-refractivity contribution in [3.8, 4) is 0 Å². The molecule has 1 aliphatic carbocycles. The van der Waals surface area contributed by atoms with E-state index in [1.54, 1.807) is 6.20 Å². The van der Waals surface area contributed by atoms with Crippen LogP contribution >= 0.6 is 0 Å². The summed E-state index contributed by atoms with van der Waals surface area (Å²) in [6.07, 6.45) is 4.07. The largest absolute Gasteiger partial charge is 0.480 e. The van der Waals surface area contributed by atoms with Crippen molar-refractivity contribution < 1.29 is 9.90 Å². The number of carboxylic acid groups (broad SMARTS) is 1. The molecular formula is C11H17N3O2. The van der Waals surface area contributed by atoms with E-state index in [0.717, 1.165) is 18.5 Å². The van der Waals surface area contributed by atoms with Gasteiger partial charge in [0.05, 0.1) is 5.69 Å². The molecule has 1 N–H and O–H groups in total. The normalized spacial score (nSPS) is 18.4. The van der Waals surface area contributed by atoms with Gasteiger partial charge in [-0.3, -0.25) is 0 Å². The van der Waals surface area contributed by atoms with Crippen LogP contribution in [0.15, 0.2) is 6.20 Å². The Morgan fingerprint density at radius 3 is 2.62 bits per heavy atom. The lowest BCUT2D eigenvalue weighted by Crippen LogP contribution is -2.31. The zero-order valence-electron chi connectivity index (χ0n) is 9.84. The lowest BCUT2D eigenvalue weighted by atomic mass is 9.87. The van der Waals surface area contributed by atoms with Gasteiger partial charge in [-0.15, -0.1) is 5.10 Å². The van der Waals surface area contributed by atoms with Crippen molar-refractivity contribution in [3.63, 3.8) is 0 Å². The average Bonchev–Trinajstić information content (AvgIpc) is 2.85. The summed E-state index contributed by atoms with van der Waals surface area (Å²) in [7, 11) is 0. The van der Waals surface area contributed by atoms with Crippen molar-refractivity contribution >= 4 is 5.97 Å². The SMILES string of the molecule is CC(C)(C)C(C(=O)O)n1cc(C2CC2)nn1. The molecule has 0 saturated heterocycles. The molecule has 5 heteroatoms. The fourth-order valence-electron chi connectivity index (χ4n) is 1.86. The Bertz CT molecular complexity index is 402. The number of aromatic nitrogens is 3. The van der Waals surface area contributed by atoms with E-state index in [4.69, 9.17) is 0 Å². The first-order valence-corrected chi connectivity index (χ1v) is 5.54. The van der Waals surface area contributed by atoms with Crippen molar-refractivity contribution in [1.29, 1.82) is 0 Å². The third-order valence-corrected chi connectivity index (χ3v) is 2.84. The topological polar surface area (TPSA) is 68.0 Å². The van der Waals surface area contributed by atoms with Crippen LogP contribution in [-0.2, 0) is 4.79 Å². The van der Waals surface area contributed by atoms with Crippen LogP contribution in [0.1, 0.15) is 51.3 Å². The van der Waals surface area contributed by atoms with Crippen LogP contribution in [0.2, 0.25) is 0 Å². The molecule has 1 aromatic heterocycles. The van der Waals surface area contributed by atoms with E-state index in [1.165, 1.54) is 4.68 Å². The smallest absolute Gasteiger partial charge is 0.329 e. The minimum absolute atomic E-state index is 0.375. The van der Waals surface area contributed by atoms with Gasteiger partial charge in [-0.2, -0.15) is 0 Å². The maximum Gasteiger partial charge on any atom is 0.329 e. The number of nitrogens with zero attached hydrogens (tertiary/aromatic N) is 3. The van der Waals surface area contributed by atoms with Crippen LogP contribution < -0.4 is 0 Å². The molecule has 0 spiro atoms. The van der Waals surface area contributed by atoms with Crippen molar-refractivity contribution in [2.24, 2.45) is 5.41 Å². The molecule has 2 rings (SSSR count). The Balaban J connectivity index is 2.27. The highest BCUT2D eigenvalue weighted by atomic mass is 16.4. The molecule has 0 aromatic carbocycles. The minimum atomic E-state index is -0.861. The Kier molecular flexibility index (Phi) is 2.48. The van der Waals surface area contributed by atoms with Gasteiger partial charge in [-0.1, -0.05) is 26.0 Å². The summed E-state index contributed by atoms with van der Waals surface area (Å²) in [6, 6.07) is -0.660. The molecule has 1 fully saturated rings. The van der Waals surface area contributed by atoms with E-state index in [2.05, 4.69) is 10.3 Å². The summed E-state index contributed by atoms with van der Waals surface area (Å²) in [5.41, 5.74) is 0.552. The van der Waals surface area contributed by atoms with E-state index < -0.39 is 12.0 Å². The maximum absolute atomic E-state index is 11.3. The van der Waals surface area contributed by atoms with Gasteiger partial charge in [0.1, 0.15) is 0 Å². The van der Waals surface area contributed by atoms with Gasteiger partial charge in [-0.25, -0.2) is 9.48 Å². The molecular weight excluding hydrogens is 206 g/mol. The number of carboxylic acids is 1. The lowest BCUT2D eigenvalue weighted by Gasteiger charge is -2.26. The van der Waals surface area contributed by atoms with Crippen LogP contribution in [-0.4, -0.2) is 26.1 Å². The van der Waals surface area contributed by atoms with Gasteiger partial charge in [0.15, 0.2) is 6.04 Å². The quantitative estimate of drug-likeness (QED) is 0.848. The van der Waals surface area contributed by atoms with Gasteiger partial charge in [0.25, 0.3) is 0 Å². The monoisotopic (exact) mass is 223 g/mol. The van der Waals surface area contributed by atoms with Crippen LogP contribution in [0, 0.1) is 5.41 Å². The Morgan fingerprint density at radius 1 is 1.56 bits per heavy atom. The summed E-state index contributed by atoms with van der Waals surface area (Å²) in [6.45, 7) is 5.68. The third kappa shape index (κ3) is 2.08. The fourth-order valence-corrected chi connectivity index (χ4v) is 1.86. The Morgan fingerprint density at radius 2 is 2.19 bits per heavy atom. The average molecular weight is 223 g/mol. The second kappa shape index (κ2) is 3.57. The molecule has 1 unspecified atom stereocenters. The standard InChI is InChI=1S/C11H17N3O2/c1-11(2,3)9(10(15)16)14-6-8(12-13-14)7-4-5-7/h6-7,9H,4-5H2,1-3H3,(H,15,16). The maximum atomic E-state index is 11.3. The predicted molar refractivity (Wildman–Crippen MR) is 58.1 cm³/mol. The number of hydrogen-bond acceptors (Lipinski definition) is 3. The fraction of sp³-hybridized carbons (Fsp3) is 0.727.